The molecule has 0 aliphatic rings. The zero-order valence-electron chi connectivity index (χ0n) is 14.6. The number of carbonyl (C=O) groups is 2. The molecule has 0 aromatic heterocycles. The van der Waals surface area contributed by atoms with Gasteiger partial charge in [0.2, 0.25) is 5.91 Å². The molecule has 27 heavy (non-hydrogen) atoms. The smallest absolute Gasteiger partial charge is 0.322 e. The monoisotopic (exact) mass is 357 g/mol. The molecular weight excluding hydrogens is 338 g/mol. The van der Waals surface area contributed by atoms with Gasteiger partial charge in [-0.2, -0.15) is 0 Å². The Balaban J connectivity index is 1.57. The lowest BCUT2D eigenvalue weighted by Gasteiger charge is -2.09. The van der Waals surface area contributed by atoms with Crippen LogP contribution in [0.3, 0.4) is 0 Å². The third kappa shape index (κ3) is 5.86. The number of benzene rings is 3. The second-order valence-corrected chi connectivity index (χ2v) is 5.76. The lowest BCUT2D eigenvalue weighted by molar-refractivity contribution is -0.111. The van der Waals surface area contributed by atoms with Crippen LogP contribution in [0.15, 0.2) is 91.0 Å². The van der Waals surface area contributed by atoms with Crippen LogP contribution in [0.1, 0.15) is 5.56 Å². The Labute approximate surface area is 157 Å². The minimum atomic E-state index is -0.353. The second-order valence-electron chi connectivity index (χ2n) is 5.76. The fourth-order valence-corrected chi connectivity index (χ4v) is 2.41. The van der Waals surface area contributed by atoms with E-state index in [1.54, 1.807) is 42.5 Å². The first-order valence-electron chi connectivity index (χ1n) is 8.46. The highest BCUT2D eigenvalue weighted by Crippen LogP contribution is 2.16. The van der Waals surface area contributed by atoms with Crippen molar-refractivity contribution >= 4 is 35.1 Å². The number of nitrogens with one attached hydrogen (secondary N) is 3. The van der Waals surface area contributed by atoms with E-state index in [-0.39, 0.29) is 11.9 Å². The fourth-order valence-electron chi connectivity index (χ4n) is 2.41. The third-order valence-corrected chi connectivity index (χ3v) is 3.65. The molecule has 0 saturated carbocycles. The van der Waals surface area contributed by atoms with Crippen molar-refractivity contribution in [3.63, 3.8) is 0 Å². The number of hydrogen-bond donors (Lipinski definition) is 3. The summed E-state index contributed by atoms with van der Waals surface area (Å²) in [6.07, 6.45) is 3.21. The molecule has 3 N–H and O–H groups in total. The Kier molecular flexibility index (Phi) is 5.99. The molecule has 3 amide bonds. The molecule has 0 bridgehead atoms. The van der Waals surface area contributed by atoms with Gasteiger partial charge in [0.1, 0.15) is 0 Å². The van der Waals surface area contributed by atoms with Gasteiger partial charge in [-0.15, -0.1) is 0 Å². The summed E-state index contributed by atoms with van der Waals surface area (Å²) in [5.41, 5.74) is 2.81. The molecular formula is C22H19N3O2. The highest BCUT2D eigenvalue weighted by Gasteiger charge is 2.04. The van der Waals surface area contributed by atoms with E-state index in [1.807, 2.05) is 48.5 Å². The number of carbonyl (C=O) groups excluding carboxylic acids is 2. The zero-order chi connectivity index (χ0) is 18.9. The first kappa shape index (κ1) is 17.9. The van der Waals surface area contributed by atoms with Gasteiger partial charge in [0.15, 0.2) is 0 Å². The van der Waals surface area contributed by atoms with Gasteiger partial charge in [-0.3, -0.25) is 4.79 Å². The Morgan fingerprint density at radius 2 is 1.19 bits per heavy atom. The number of amides is 3. The molecule has 5 heteroatoms. The van der Waals surface area contributed by atoms with E-state index >= 15 is 0 Å². The number of para-hydroxylation sites is 1. The highest BCUT2D eigenvalue weighted by molar-refractivity contribution is 6.03. The summed E-state index contributed by atoms with van der Waals surface area (Å²) in [4.78, 5) is 24.1. The molecule has 0 saturated heterocycles. The van der Waals surface area contributed by atoms with E-state index in [1.165, 1.54) is 6.08 Å². The molecule has 134 valence electrons. The Morgan fingerprint density at radius 1 is 0.630 bits per heavy atom. The van der Waals surface area contributed by atoms with Crippen LogP contribution < -0.4 is 16.0 Å². The van der Waals surface area contributed by atoms with Crippen LogP contribution >= 0.6 is 0 Å². The molecule has 0 atom stereocenters. The molecule has 0 fully saturated rings. The average molecular weight is 357 g/mol. The normalized spacial score (nSPS) is 10.4. The van der Waals surface area contributed by atoms with Crippen LogP contribution in [0.2, 0.25) is 0 Å². The lowest BCUT2D eigenvalue weighted by atomic mass is 10.2. The maximum atomic E-state index is 12.1. The van der Waals surface area contributed by atoms with E-state index < -0.39 is 0 Å². The molecule has 0 radical (unpaired) electrons. The van der Waals surface area contributed by atoms with Crippen LogP contribution in [0.4, 0.5) is 21.9 Å². The van der Waals surface area contributed by atoms with Crippen LogP contribution in [0.25, 0.3) is 6.08 Å². The number of urea groups is 1. The number of anilines is 3. The largest absolute Gasteiger partial charge is 0.323 e. The summed E-state index contributed by atoms with van der Waals surface area (Å²) in [7, 11) is 0. The minimum Gasteiger partial charge on any atom is -0.322 e. The van der Waals surface area contributed by atoms with Crippen molar-refractivity contribution in [2.24, 2.45) is 0 Å². The van der Waals surface area contributed by atoms with Gasteiger partial charge >= 0.3 is 6.03 Å². The number of rotatable bonds is 5. The zero-order valence-corrected chi connectivity index (χ0v) is 14.6. The van der Waals surface area contributed by atoms with Crippen molar-refractivity contribution in [3.8, 4) is 0 Å². The molecule has 0 heterocycles. The topological polar surface area (TPSA) is 70.2 Å². The molecule has 0 spiro atoms. The van der Waals surface area contributed by atoms with E-state index in [0.717, 1.165) is 5.56 Å². The van der Waals surface area contributed by atoms with Gasteiger partial charge in [-0.1, -0.05) is 54.6 Å². The predicted octanol–water partition coefficient (Wildman–Crippen LogP) is 4.98. The van der Waals surface area contributed by atoms with Crippen LogP contribution in [-0.2, 0) is 4.79 Å². The van der Waals surface area contributed by atoms with Gasteiger partial charge in [0, 0.05) is 23.1 Å². The van der Waals surface area contributed by atoms with E-state index in [4.69, 9.17) is 0 Å². The molecule has 0 aliphatic heterocycles. The van der Waals surface area contributed by atoms with Crippen molar-refractivity contribution in [3.05, 3.63) is 96.6 Å². The molecule has 3 aromatic carbocycles. The van der Waals surface area contributed by atoms with Gasteiger partial charge < -0.3 is 16.0 Å². The van der Waals surface area contributed by atoms with Crippen molar-refractivity contribution in [1.29, 1.82) is 0 Å². The Bertz CT molecular complexity index is 938. The average Bonchev–Trinajstić information content (AvgIpc) is 2.68. The van der Waals surface area contributed by atoms with Crippen molar-refractivity contribution < 1.29 is 9.59 Å². The summed E-state index contributed by atoms with van der Waals surface area (Å²) in [6.45, 7) is 0. The first-order valence-corrected chi connectivity index (χ1v) is 8.46. The summed E-state index contributed by atoms with van der Waals surface area (Å²) in [6, 6.07) is 25.3. The summed E-state index contributed by atoms with van der Waals surface area (Å²) >= 11 is 0. The lowest BCUT2D eigenvalue weighted by Crippen LogP contribution is -2.19. The molecule has 3 rings (SSSR count). The van der Waals surface area contributed by atoms with E-state index in [9.17, 15) is 9.59 Å². The SMILES string of the molecule is O=C(/C=C/c1ccccc1)Nc1cccc(NC(=O)Nc2ccccc2)c1. The van der Waals surface area contributed by atoms with Crippen LogP contribution in [0.5, 0.6) is 0 Å². The first-order chi connectivity index (χ1) is 13.2. The second kappa shape index (κ2) is 9.01. The standard InChI is InChI=1S/C22H19N3O2/c26-21(15-14-17-8-3-1-4-9-17)23-19-12-7-13-20(16-19)25-22(27)24-18-10-5-2-6-11-18/h1-16H,(H,23,26)(H2,24,25,27)/b15-14+. The van der Waals surface area contributed by atoms with Crippen molar-refractivity contribution in [2.75, 3.05) is 16.0 Å². The quantitative estimate of drug-likeness (QED) is 0.564. The fraction of sp³-hybridized carbons (Fsp3) is 0. The highest BCUT2D eigenvalue weighted by atomic mass is 16.2. The number of hydrogen-bond acceptors (Lipinski definition) is 2. The molecule has 0 aliphatic carbocycles. The Hall–Kier alpha value is -3.86. The van der Waals surface area contributed by atoms with Crippen molar-refractivity contribution in [2.45, 2.75) is 0 Å². The van der Waals surface area contributed by atoms with Gasteiger partial charge in [0.25, 0.3) is 0 Å². The van der Waals surface area contributed by atoms with Gasteiger partial charge in [0.05, 0.1) is 0 Å². The molecule has 5 nitrogen and oxygen atoms in total. The third-order valence-electron chi connectivity index (χ3n) is 3.65. The van der Waals surface area contributed by atoms with Crippen molar-refractivity contribution in [1.82, 2.24) is 0 Å². The Morgan fingerprint density at radius 3 is 1.89 bits per heavy atom. The molecule has 3 aromatic rings. The maximum Gasteiger partial charge on any atom is 0.323 e. The molecule has 0 unspecified atom stereocenters. The minimum absolute atomic E-state index is 0.246. The van der Waals surface area contributed by atoms with Gasteiger partial charge in [-0.25, -0.2) is 4.79 Å². The predicted molar refractivity (Wildman–Crippen MR) is 110 cm³/mol. The maximum absolute atomic E-state index is 12.1. The van der Waals surface area contributed by atoms with Crippen LogP contribution in [-0.4, -0.2) is 11.9 Å². The van der Waals surface area contributed by atoms with Gasteiger partial charge in [-0.05, 0) is 42.0 Å². The summed E-state index contributed by atoms with van der Waals surface area (Å²) in [5.74, 6) is -0.246. The summed E-state index contributed by atoms with van der Waals surface area (Å²) < 4.78 is 0. The van der Waals surface area contributed by atoms with E-state index in [0.29, 0.717) is 17.1 Å². The summed E-state index contributed by atoms with van der Waals surface area (Å²) in [5, 5.41) is 8.26. The van der Waals surface area contributed by atoms with E-state index in [2.05, 4.69) is 16.0 Å². The van der Waals surface area contributed by atoms with Crippen LogP contribution in [0, 0.1) is 0 Å².